The van der Waals surface area contributed by atoms with Gasteiger partial charge in [-0.05, 0) is 111 Å². The maximum Gasteiger partial charge on any atom is 0.302 e. The highest BCUT2D eigenvalue weighted by Gasteiger charge is 2.56. The maximum absolute atomic E-state index is 11.5. The predicted octanol–water partition coefficient (Wildman–Crippen LogP) is 8.27. The molecule has 0 saturated heterocycles. The molecule has 4 aliphatic carbocycles. The van der Waals surface area contributed by atoms with Crippen molar-refractivity contribution >= 4 is 5.97 Å². The zero-order valence-corrected chi connectivity index (χ0v) is 21.8. The van der Waals surface area contributed by atoms with E-state index in [0.29, 0.717) is 22.7 Å². The maximum atomic E-state index is 11.5. The van der Waals surface area contributed by atoms with Crippen molar-refractivity contribution in [3.05, 3.63) is 23.3 Å². The minimum atomic E-state index is -0.106. The van der Waals surface area contributed by atoms with Crippen LogP contribution in [0.3, 0.4) is 0 Å². The lowest BCUT2D eigenvalue weighted by Gasteiger charge is -2.55. The van der Waals surface area contributed by atoms with E-state index in [1.807, 2.05) is 11.1 Å². The Bertz CT molecular complexity index is 776. The highest BCUT2D eigenvalue weighted by Crippen LogP contribution is 2.66. The molecule has 0 aromatic heterocycles. The van der Waals surface area contributed by atoms with Gasteiger partial charge < -0.3 is 4.74 Å². The van der Waals surface area contributed by atoms with E-state index in [9.17, 15) is 4.79 Å². The molecule has 0 amide bonds. The molecule has 180 valence electrons. The highest BCUT2D eigenvalue weighted by atomic mass is 16.5. The molecule has 0 aliphatic heterocycles. The molecule has 2 heteroatoms. The van der Waals surface area contributed by atoms with Crippen LogP contribution in [0.25, 0.3) is 0 Å². The van der Waals surface area contributed by atoms with Crippen LogP contribution in [0.1, 0.15) is 112 Å². The Morgan fingerprint density at radius 1 is 1.09 bits per heavy atom. The molecule has 2 saturated carbocycles. The molecule has 0 bridgehead atoms. The van der Waals surface area contributed by atoms with Crippen molar-refractivity contribution in [1.82, 2.24) is 0 Å². The van der Waals surface area contributed by atoms with Crippen molar-refractivity contribution in [2.45, 2.75) is 118 Å². The van der Waals surface area contributed by atoms with Gasteiger partial charge in [0.2, 0.25) is 0 Å². The largest absolute Gasteiger partial charge is 0.463 e. The minimum absolute atomic E-state index is 0.106. The lowest BCUT2D eigenvalue weighted by Crippen LogP contribution is -2.46. The van der Waals surface area contributed by atoms with E-state index in [0.717, 1.165) is 30.6 Å². The van der Waals surface area contributed by atoms with Gasteiger partial charge in [-0.15, -0.1) is 0 Å². The Kier molecular flexibility index (Phi) is 6.74. The fourth-order valence-corrected chi connectivity index (χ4v) is 8.64. The number of carbonyl (C=O) groups is 1. The van der Waals surface area contributed by atoms with Crippen molar-refractivity contribution in [1.29, 1.82) is 0 Å². The Labute approximate surface area is 197 Å². The first-order valence-electron chi connectivity index (χ1n) is 13.6. The standard InChI is InChI=1S/C30H48O2/c1-19(2)20(3)8-9-21(4)26-12-13-27-25-11-10-23-18-24(32-22(5)31)14-16-29(23,6)28(25)15-17-30(26,27)7/h19,21,23-24,26-27H,3,8-18H2,1-2,4-7H3/t21-,23+,24+,26-,27+,29+,30-/m1/s1. The zero-order valence-electron chi connectivity index (χ0n) is 21.8. The van der Waals surface area contributed by atoms with Crippen LogP contribution in [0.2, 0.25) is 0 Å². The topological polar surface area (TPSA) is 26.3 Å². The summed E-state index contributed by atoms with van der Waals surface area (Å²) in [5, 5.41) is 0. The highest BCUT2D eigenvalue weighted by molar-refractivity contribution is 5.66. The van der Waals surface area contributed by atoms with Gasteiger partial charge in [0.15, 0.2) is 0 Å². The molecule has 0 aromatic rings. The monoisotopic (exact) mass is 440 g/mol. The van der Waals surface area contributed by atoms with E-state index in [-0.39, 0.29) is 12.1 Å². The summed E-state index contributed by atoms with van der Waals surface area (Å²) in [6.45, 7) is 18.2. The van der Waals surface area contributed by atoms with Crippen LogP contribution in [-0.2, 0) is 9.53 Å². The first-order chi connectivity index (χ1) is 15.1. The van der Waals surface area contributed by atoms with E-state index in [1.54, 1.807) is 6.92 Å². The van der Waals surface area contributed by atoms with Crippen molar-refractivity contribution in [2.75, 3.05) is 0 Å². The first-order valence-corrected chi connectivity index (χ1v) is 13.6. The molecule has 0 radical (unpaired) electrons. The van der Waals surface area contributed by atoms with Crippen LogP contribution in [0, 0.1) is 40.4 Å². The quantitative estimate of drug-likeness (QED) is 0.307. The van der Waals surface area contributed by atoms with Gasteiger partial charge in [0.25, 0.3) is 0 Å². The number of allylic oxidation sites excluding steroid dienone is 3. The fraction of sp³-hybridized carbons (Fsp3) is 0.833. The third kappa shape index (κ3) is 4.14. The van der Waals surface area contributed by atoms with Crippen LogP contribution in [0.4, 0.5) is 0 Å². The van der Waals surface area contributed by atoms with Crippen LogP contribution < -0.4 is 0 Å². The second-order valence-electron chi connectivity index (χ2n) is 12.7. The molecule has 2 fully saturated rings. The normalized spacial score (nSPS) is 39.8. The number of fused-ring (bicyclic) bond motifs is 4. The molecule has 2 nitrogen and oxygen atoms in total. The molecule has 0 heterocycles. The average molecular weight is 441 g/mol. The summed E-state index contributed by atoms with van der Waals surface area (Å²) in [6, 6.07) is 0. The molecule has 32 heavy (non-hydrogen) atoms. The molecular weight excluding hydrogens is 392 g/mol. The molecule has 0 spiro atoms. The van der Waals surface area contributed by atoms with Gasteiger partial charge in [0, 0.05) is 6.92 Å². The van der Waals surface area contributed by atoms with Crippen molar-refractivity contribution in [2.24, 2.45) is 40.4 Å². The second-order valence-corrected chi connectivity index (χ2v) is 12.7. The first kappa shape index (κ1) is 24.1. The number of rotatable bonds is 6. The number of ether oxygens (including phenoxy) is 1. The Morgan fingerprint density at radius 2 is 1.84 bits per heavy atom. The van der Waals surface area contributed by atoms with E-state index < -0.39 is 0 Å². The number of carbonyl (C=O) groups excluding carboxylic acids is 1. The van der Waals surface area contributed by atoms with Gasteiger partial charge in [-0.1, -0.05) is 57.9 Å². The number of hydrogen-bond acceptors (Lipinski definition) is 2. The fourth-order valence-electron chi connectivity index (χ4n) is 8.64. The lowest BCUT2D eigenvalue weighted by molar-refractivity contribution is -0.150. The molecule has 0 aromatic carbocycles. The summed E-state index contributed by atoms with van der Waals surface area (Å²) in [4.78, 5) is 11.5. The Hall–Kier alpha value is -1.05. The third-order valence-corrected chi connectivity index (χ3v) is 10.8. The van der Waals surface area contributed by atoms with E-state index in [1.165, 1.54) is 63.4 Å². The average Bonchev–Trinajstić information content (AvgIpc) is 3.08. The smallest absolute Gasteiger partial charge is 0.302 e. The van der Waals surface area contributed by atoms with Gasteiger partial charge >= 0.3 is 5.97 Å². The van der Waals surface area contributed by atoms with Crippen LogP contribution in [-0.4, -0.2) is 12.1 Å². The van der Waals surface area contributed by atoms with E-state index in [4.69, 9.17) is 4.74 Å². The van der Waals surface area contributed by atoms with Gasteiger partial charge in [-0.3, -0.25) is 4.79 Å². The molecule has 4 aliphatic rings. The van der Waals surface area contributed by atoms with Gasteiger partial charge in [-0.25, -0.2) is 0 Å². The van der Waals surface area contributed by atoms with E-state index in [2.05, 4.69) is 41.2 Å². The molecular formula is C30H48O2. The third-order valence-electron chi connectivity index (χ3n) is 10.8. The Balaban J connectivity index is 1.49. The van der Waals surface area contributed by atoms with Crippen LogP contribution in [0.15, 0.2) is 23.3 Å². The van der Waals surface area contributed by atoms with Crippen molar-refractivity contribution in [3.8, 4) is 0 Å². The number of esters is 1. The van der Waals surface area contributed by atoms with E-state index >= 15 is 0 Å². The molecule has 4 rings (SSSR count). The molecule has 7 atom stereocenters. The summed E-state index contributed by atoms with van der Waals surface area (Å²) in [5.41, 5.74) is 6.00. The lowest BCUT2D eigenvalue weighted by atomic mass is 9.50. The summed E-state index contributed by atoms with van der Waals surface area (Å²) >= 11 is 0. The van der Waals surface area contributed by atoms with Crippen molar-refractivity contribution < 1.29 is 9.53 Å². The summed E-state index contributed by atoms with van der Waals surface area (Å²) in [6.07, 6.45) is 14.1. The van der Waals surface area contributed by atoms with Crippen molar-refractivity contribution in [3.63, 3.8) is 0 Å². The van der Waals surface area contributed by atoms with Gasteiger partial charge in [-0.2, -0.15) is 0 Å². The SMILES string of the molecule is C=C(CC[C@@H](C)[C@H]1CC[C@H]2C3=C(CC[C@]12C)[C@@]1(C)CC[C@H](OC(C)=O)C[C@@H]1CC3)C(C)C. The summed E-state index contributed by atoms with van der Waals surface area (Å²) < 4.78 is 5.64. The molecule has 0 N–H and O–H groups in total. The summed E-state index contributed by atoms with van der Waals surface area (Å²) in [7, 11) is 0. The minimum Gasteiger partial charge on any atom is -0.463 e. The van der Waals surface area contributed by atoms with Crippen LogP contribution in [0.5, 0.6) is 0 Å². The van der Waals surface area contributed by atoms with Gasteiger partial charge in [0.1, 0.15) is 6.10 Å². The second kappa shape index (κ2) is 8.95. The predicted molar refractivity (Wildman–Crippen MR) is 133 cm³/mol. The molecule has 0 unspecified atom stereocenters. The Morgan fingerprint density at radius 3 is 2.53 bits per heavy atom. The van der Waals surface area contributed by atoms with Gasteiger partial charge in [0.05, 0.1) is 0 Å². The zero-order chi connectivity index (χ0) is 23.3. The summed E-state index contributed by atoms with van der Waals surface area (Å²) in [5.74, 6) is 3.69. The number of hydrogen-bond donors (Lipinski definition) is 0. The van der Waals surface area contributed by atoms with Crippen LogP contribution >= 0.6 is 0 Å².